The number of hydrogen-bond acceptors (Lipinski definition) is 3. The Hall–Kier alpha value is -1.42. The van der Waals surface area contributed by atoms with Crippen molar-refractivity contribution in [3.63, 3.8) is 0 Å². The highest BCUT2D eigenvalue weighted by Crippen LogP contribution is 2.12. The Balaban J connectivity index is 2.68. The maximum Gasteiger partial charge on any atom is 0.228 e. The molecule has 4 nitrogen and oxygen atoms in total. The zero-order chi connectivity index (χ0) is 12.0. The van der Waals surface area contributed by atoms with Gasteiger partial charge >= 0.3 is 0 Å². The van der Waals surface area contributed by atoms with Crippen molar-refractivity contribution in [3.8, 4) is 0 Å². The van der Waals surface area contributed by atoms with Gasteiger partial charge in [0.05, 0.1) is 12.3 Å². The number of rotatable bonds is 5. The SMILES string of the molecule is CCC(CC)C(=O)Nc1cccc(CO)n1. The van der Waals surface area contributed by atoms with E-state index in [0.29, 0.717) is 11.5 Å². The van der Waals surface area contributed by atoms with Crippen molar-refractivity contribution in [3.05, 3.63) is 23.9 Å². The Morgan fingerprint density at radius 3 is 2.69 bits per heavy atom. The molecule has 0 aromatic carbocycles. The maximum absolute atomic E-state index is 11.8. The minimum atomic E-state index is -0.116. The van der Waals surface area contributed by atoms with Gasteiger partial charge in [0, 0.05) is 5.92 Å². The molecule has 0 aliphatic heterocycles. The average Bonchev–Trinajstić information content (AvgIpc) is 2.31. The third-order valence-corrected chi connectivity index (χ3v) is 2.58. The molecule has 1 rings (SSSR count). The third-order valence-electron chi connectivity index (χ3n) is 2.58. The maximum atomic E-state index is 11.8. The van der Waals surface area contributed by atoms with Crippen LogP contribution in [-0.2, 0) is 11.4 Å². The summed E-state index contributed by atoms with van der Waals surface area (Å²) < 4.78 is 0. The summed E-state index contributed by atoms with van der Waals surface area (Å²) in [7, 11) is 0. The van der Waals surface area contributed by atoms with Crippen LogP contribution in [0.5, 0.6) is 0 Å². The number of aliphatic hydroxyl groups excluding tert-OH is 1. The minimum Gasteiger partial charge on any atom is -0.390 e. The van der Waals surface area contributed by atoms with Crippen molar-refractivity contribution in [2.24, 2.45) is 5.92 Å². The first kappa shape index (κ1) is 12.6. The molecular formula is C12H18N2O2. The van der Waals surface area contributed by atoms with Gasteiger partial charge in [-0.15, -0.1) is 0 Å². The van der Waals surface area contributed by atoms with Gasteiger partial charge in [-0.3, -0.25) is 4.79 Å². The molecule has 0 aliphatic carbocycles. The molecule has 0 unspecified atom stereocenters. The summed E-state index contributed by atoms with van der Waals surface area (Å²) in [5.74, 6) is 0.524. The van der Waals surface area contributed by atoms with Crippen molar-refractivity contribution < 1.29 is 9.90 Å². The molecule has 1 heterocycles. The lowest BCUT2D eigenvalue weighted by molar-refractivity contribution is -0.120. The highest BCUT2D eigenvalue weighted by molar-refractivity contribution is 5.91. The first-order valence-corrected chi connectivity index (χ1v) is 5.58. The number of carbonyl (C=O) groups excluding carboxylic acids is 1. The van der Waals surface area contributed by atoms with Gasteiger partial charge in [-0.1, -0.05) is 19.9 Å². The molecule has 16 heavy (non-hydrogen) atoms. The van der Waals surface area contributed by atoms with E-state index in [1.54, 1.807) is 18.2 Å². The van der Waals surface area contributed by atoms with Crippen LogP contribution in [0.4, 0.5) is 5.82 Å². The van der Waals surface area contributed by atoms with Crippen molar-refractivity contribution in [1.82, 2.24) is 4.98 Å². The predicted molar refractivity (Wildman–Crippen MR) is 62.9 cm³/mol. The number of pyridine rings is 1. The molecule has 0 aliphatic rings. The van der Waals surface area contributed by atoms with Gasteiger partial charge < -0.3 is 10.4 Å². The number of anilines is 1. The van der Waals surface area contributed by atoms with E-state index in [9.17, 15) is 4.79 Å². The standard InChI is InChI=1S/C12H18N2O2/c1-3-9(4-2)12(16)14-11-7-5-6-10(8-15)13-11/h5-7,9,15H,3-4,8H2,1-2H3,(H,13,14,16). The van der Waals surface area contributed by atoms with Crippen LogP contribution in [0.25, 0.3) is 0 Å². The number of aliphatic hydroxyl groups is 1. The van der Waals surface area contributed by atoms with E-state index in [-0.39, 0.29) is 18.4 Å². The number of amides is 1. The number of nitrogens with one attached hydrogen (secondary N) is 1. The fraction of sp³-hybridized carbons (Fsp3) is 0.500. The average molecular weight is 222 g/mol. The second-order valence-corrected chi connectivity index (χ2v) is 3.67. The molecule has 0 saturated carbocycles. The number of hydrogen-bond donors (Lipinski definition) is 2. The van der Waals surface area contributed by atoms with Gasteiger partial charge in [0.2, 0.25) is 5.91 Å². The summed E-state index contributed by atoms with van der Waals surface area (Å²) in [5, 5.41) is 11.7. The summed E-state index contributed by atoms with van der Waals surface area (Å²) in [6.07, 6.45) is 1.64. The summed E-state index contributed by atoms with van der Waals surface area (Å²) in [6.45, 7) is 3.87. The van der Waals surface area contributed by atoms with Crippen LogP contribution in [0, 0.1) is 5.92 Å². The molecule has 88 valence electrons. The normalized spacial score (nSPS) is 10.5. The summed E-state index contributed by atoms with van der Waals surface area (Å²) in [6, 6.07) is 5.20. The lowest BCUT2D eigenvalue weighted by Crippen LogP contribution is -2.22. The molecule has 1 aromatic rings. The van der Waals surface area contributed by atoms with E-state index in [4.69, 9.17) is 5.11 Å². The quantitative estimate of drug-likeness (QED) is 0.800. The summed E-state index contributed by atoms with van der Waals surface area (Å²) in [4.78, 5) is 15.9. The molecule has 0 spiro atoms. The van der Waals surface area contributed by atoms with Crippen molar-refractivity contribution in [1.29, 1.82) is 0 Å². The molecule has 0 bridgehead atoms. The molecule has 0 radical (unpaired) electrons. The van der Waals surface area contributed by atoms with Crippen molar-refractivity contribution in [2.75, 3.05) is 5.32 Å². The minimum absolute atomic E-state index is 0.00686. The zero-order valence-electron chi connectivity index (χ0n) is 9.73. The lowest BCUT2D eigenvalue weighted by Gasteiger charge is -2.12. The summed E-state index contributed by atoms with van der Waals surface area (Å²) in [5.41, 5.74) is 0.558. The molecule has 1 amide bonds. The van der Waals surface area contributed by atoms with Gasteiger partial charge in [0.15, 0.2) is 0 Å². The van der Waals surface area contributed by atoms with Crippen LogP contribution in [0.15, 0.2) is 18.2 Å². The summed E-state index contributed by atoms with van der Waals surface area (Å²) >= 11 is 0. The molecule has 0 saturated heterocycles. The smallest absolute Gasteiger partial charge is 0.228 e. The van der Waals surface area contributed by atoms with E-state index in [1.165, 1.54) is 0 Å². The highest BCUT2D eigenvalue weighted by atomic mass is 16.3. The second-order valence-electron chi connectivity index (χ2n) is 3.67. The van der Waals surface area contributed by atoms with Gasteiger partial charge in [-0.2, -0.15) is 0 Å². The molecular weight excluding hydrogens is 204 g/mol. The number of nitrogens with zero attached hydrogens (tertiary/aromatic N) is 1. The van der Waals surface area contributed by atoms with Gasteiger partial charge in [-0.25, -0.2) is 4.98 Å². The van der Waals surface area contributed by atoms with E-state index >= 15 is 0 Å². The first-order chi connectivity index (χ1) is 7.71. The highest BCUT2D eigenvalue weighted by Gasteiger charge is 2.14. The van der Waals surface area contributed by atoms with Crippen LogP contribution in [0.2, 0.25) is 0 Å². The first-order valence-electron chi connectivity index (χ1n) is 5.58. The molecule has 0 atom stereocenters. The Bertz CT molecular complexity index is 349. The van der Waals surface area contributed by atoms with Crippen LogP contribution in [-0.4, -0.2) is 16.0 Å². The third kappa shape index (κ3) is 3.31. The zero-order valence-corrected chi connectivity index (χ0v) is 9.73. The van der Waals surface area contributed by atoms with Gasteiger partial charge in [0.25, 0.3) is 0 Å². The monoisotopic (exact) mass is 222 g/mol. The largest absolute Gasteiger partial charge is 0.390 e. The Kier molecular flexibility index (Phi) is 4.92. The Labute approximate surface area is 95.7 Å². The molecule has 4 heteroatoms. The Morgan fingerprint density at radius 2 is 2.12 bits per heavy atom. The molecule has 2 N–H and O–H groups in total. The van der Waals surface area contributed by atoms with Crippen LogP contribution in [0.1, 0.15) is 32.4 Å². The Morgan fingerprint density at radius 1 is 1.44 bits per heavy atom. The fourth-order valence-corrected chi connectivity index (χ4v) is 1.53. The number of carbonyl (C=O) groups is 1. The van der Waals surface area contributed by atoms with E-state index in [1.807, 2.05) is 13.8 Å². The number of aromatic nitrogens is 1. The lowest BCUT2D eigenvalue weighted by atomic mass is 10.0. The molecule has 1 aromatic heterocycles. The molecule has 0 fully saturated rings. The van der Waals surface area contributed by atoms with Crippen LogP contribution < -0.4 is 5.32 Å². The van der Waals surface area contributed by atoms with E-state index < -0.39 is 0 Å². The fourth-order valence-electron chi connectivity index (χ4n) is 1.53. The van der Waals surface area contributed by atoms with Crippen LogP contribution >= 0.6 is 0 Å². The van der Waals surface area contributed by atoms with Crippen molar-refractivity contribution in [2.45, 2.75) is 33.3 Å². The predicted octanol–water partition coefficient (Wildman–Crippen LogP) is 1.95. The van der Waals surface area contributed by atoms with Crippen molar-refractivity contribution >= 4 is 11.7 Å². The van der Waals surface area contributed by atoms with Crippen LogP contribution in [0.3, 0.4) is 0 Å². The van der Waals surface area contributed by atoms with E-state index in [2.05, 4.69) is 10.3 Å². The van der Waals surface area contributed by atoms with Gasteiger partial charge in [0.1, 0.15) is 5.82 Å². The van der Waals surface area contributed by atoms with E-state index in [0.717, 1.165) is 12.8 Å². The topological polar surface area (TPSA) is 62.2 Å². The van der Waals surface area contributed by atoms with Gasteiger partial charge in [-0.05, 0) is 25.0 Å². The second kappa shape index (κ2) is 6.23.